The third kappa shape index (κ3) is 4.27. The Morgan fingerprint density at radius 3 is 2.45 bits per heavy atom. The summed E-state index contributed by atoms with van der Waals surface area (Å²) < 4.78 is 5.93. The Labute approximate surface area is 170 Å². The first-order valence-corrected chi connectivity index (χ1v) is 9.55. The summed E-state index contributed by atoms with van der Waals surface area (Å²) in [7, 11) is 0. The van der Waals surface area contributed by atoms with E-state index in [1.807, 2.05) is 73.7 Å². The number of anilines is 1. The van der Waals surface area contributed by atoms with Crippen molar-refractivity contribution in [1.82, 2.24) is 4.98 Å². The molecular weight excluding hydrogens is 360 g/mol. The van der Waals surface area contributed by atoms with Crippen molar-refractivity contribution in [1.29, 1.82) is 0 Å². The van der Waals surface area contributed by atoms with Gasteiger partial charge in [0, 0.05) is 22.7 Å². The standard InChI is InChI=1S/C25H22N2O2/c1-17-11-13-19(14-12-17)23-15-24(20-8-4-6-10-22(20)26-23)29-16-25(28)27-21-9-5-3-7-18(21)2/h3-15H,16H2,1-2H3,(H,27,28). The number of hydrogen-bond donors (Lipinski definition) is 1. The van der Waals surface area contributed by atoms with Crippen LogP contribution in [0.4, 0.5) is 5.69 Å². The van der Waals surface area contributed by atoms with Crippen LogP contribution in [0.2, 0.25) is 0 Å². The minimum atomic E-state index is -0.197. The molecule has 4 heteroatoms. The topological polar surface area (TPSA) is 51.2 Å². The lowest BCUT2D eigenvalue weighted by Gasteiger charge is -2.13. The van der Waals surface area contributed by atoms with E-state index in [0.717, 1.165) is 33.4 Å². The predicted molar refractivity (Wildman–Crippen MR) is 117 cm³/mol. The van der Waals surface area contributed by atoms with E-state index in [4.69, 9.17) is 9.72 Å². The fraction of sp³-hybridized carbons (Fsp3) is 0.120. The largest absolute Gasteiger partial charge is 0.483 e. The Balaban J connectivity index is 1.60. The Bertz CT molecular complexity index is 1170. The van der Waals surface area contributed by atoms with E-state index >= 15 is 0 Å². The van der Waals surface area contributed by atoms with Gasteiger partial charge in [0.2, 0.25) is 0 Å². The molecule has 0 fully saturated rings. The van der Waals surface area contributed by atoms with Crippen molar-refractivity contribution < 1.29 is 9.53 Å². The number of carbonyl (C=O) groups excluding carboxylic acids is 1. The Kier molecular flexibility index (Phi) is 5.25. The zero-order valence-corrected chi connectivity index (χ0v) is 16.5. The van der Waals surface area contributed by atoms with Gasteiger partial charge in [0.05, 0.1) is 11.2 Å². The van der Waals surface area contributed by atoms with Gasteiger partial charge in [-0.15, -0.1) is 0 Å². The molecule has 0 radical (unpaired) electrons. The Hall–Kier alpha value is -3.66. The number of aromatic nitrogens is 1. The molecule has 4 rings (SSSR count). The van der Waals surface area contributed by atoms with Crippen LogP contribution in [0.5, 0.6) is 5.75 Å². The number of amides is 1. The maximum atomic E-state index is 12.4. The van der Waals surface area contributed by atoms with Crippen LogP contribution in [0, 0.1) is 13.8 Å². The number of para-hydroxylation sites is 2. The maximum Gasteiger partial charge on any atom is 0.262 e. The van der Waals surface area contributed by atoms with E-state index in [2.05, 4.69) is 24.4 Å². The molecule has 29 heavy (non-hydrogen) atoms. The number of aryl methyl sites for hydroxylation is 2. The smallest absolute Gasteiger partial charge is 0.262 e. The molecule has 0 atom stereocenters. The summed E-state index contributed by atoms with van der Waals surface area (Å²) >= 11 is 0. The summed E-state index contributed by atoms with van der Waals surface area (Å²) in [6.07, 6.45) is 0. The van der Waals surface area contributed by atoms with Gasteiger partial charge in [-0.1, -0.05) is 60.2 Å². The number of pyridine rings is 1. The van der Waals surface area contributed by atoms with Crippen LogP contribution in [0.1, 0.15) is 11.1 Å². The number of fused-ring (bicyclic) bond motifs is 1. The van der Waals surface area contributed by atoms with Gasteiger partial charge in [-0.25, -0.2) is 4.98 Å². The van der Waals surface area contributed by atoms with Crippen molar-refractivity contribution in [2.45, 2.75) is 13.8 Å². The number of carbonyl (C=O) groups is 1. The summed E-state index contributed by atoms with van der Waals surface area (Å²) in [6, 6.07) is 25.6. The molecule has 0 spiro atoms. The summed E-state index contributed by atoms with van der Waals surface area (Å²) in [5, 5.41) is 3.78. The molecule has 0 bridgehead atoms. The van der Waals surface area contributed by atoms with Gasteiger partial charge in [0.1, 0.15) is 5.75 Å². The van der Waals surface area contributed by atoms with Crippen LogP contribution in [0.15, 0.2) is 78.9 Å². The molecule has 0 aliphatic carbocycles. The predicted octanol–water partition coefficient (Wildman–Crippen LogP) is 5.54. The summed E-state index contributed by atoms with van der Waals surface area (Å²) in [5.41, 5.74) is 5.66. The Morgan fingerprint density at radius 1 is 0.931 bits per heavy atom. The van der Waals surface area contributed by atoms with Gasteiger partial charge in [-0.05, 0) is 37.6 Å². The summed E-state index contributed by atoms with van der Waals surface area (Å²) in [6.45, 7) is 3.94. The Morgan fingerprint density at radius 2 is 1.66 bits per heavy atom. The highest BCUT2D eigenvalue weighted by atomic mass is 16.5. The number of nitrogens with zero attached hydrogens (tertiary/aromatic N) is 1. The van der Waals surface area contributed by atoms with Crippen molar-refractivity contribution in [2.75, 3.05) is 11.9 Å². The molecule has 0 aliphatic rings. The summed E-state index contributed by atoms with van der Waals surface area (Å²) in [4.78, 5) is 17.2. The fourth-order valence-electron chi connectivity index (χ4n) is 3.18. The van der Waals surface area contributed by atoms with Gasteiger partial charge in [0.25, 0.3) is 5.91 Å². The second-order valence-corrected chi connectivity index (χ2v) is 7.04. The van der Waals surface area contributed by atoms with Gasteiger partial charge in [0.15, 0.2) is 6.61 Å². The average Bonchev–Trinajstić information content (AvgIpc) is 2.74. The van der Waals surface area contributed by atoms with Crippen LogP contribution in [-0.4, -0.2) is 17.5 Å². The second kappa shape index (κ2) is 8.15. The molecule has 4 nitrogen and oxygen atoms in total. The molecule has 4 aromatic rings. The third-order valence-corrected chi connectivity index (χ3v) is 4.80. The monoisotopic (exact) mass is 382 g/mol. The number of rotatable bonds is 5. The number of benzene rings is 3. The van der Waals surface area contributed by atoms with E-state index in [0.29, 0.717) is 5.75 Å². The normalized spacial score (nSPS) is 10.7. The zero-order valence-electron chi connectivity index (χ0n) is 16.5. The minimum Gasteiger partial charge on any atom is -0.483 e. The highest BCUT2D eigenvalue weighted by Gasteiger charge is 2.11. The molecular formula is C25H22N2O2. The lowest BCUT2D eigenvalue weighted by Crippen LogP contribution is -2.20. The first-order chi connectivity index (χ1) is 14.1. The highest BCUT2D eigenvalue weighted by Crippen LogP contribution is 2.30. The van der Waals surface area contributed by atoms with Crippen LogP contribution in [0.25, 0.3) is 22.2 Å². The molecule has 1 aromatic heterocycles. The van der Waals surface area contributed by atoms with Crippen LogP contribution in [0.3, 0.4) is 0 Å². The third-order valence-electron chi connectivity index (χ3n) is 4.80. The van der Waals surface area contributed by atoms with Gasteiger partial charge >= 0.3 is 0 Å². The molecule has 0 unspecified atom stereocenters. The summed E-state index contributed by atoms with van der Waals surface area (Å²) in [5.74, 6) is 0.447. The molecule has 1 heterocycles. The van der Waals surface area contributed by atoms with Crippen LogP contribution < -0.4 is 10.1 Å². The highest BCUT2D eigenvalue weighted by molar-refractivity contribution is 5.93. The molecule has 3 aromatic carbocycles. The SMILES string of the molecule is Cc1ccc(-c2cc(OCC(=O)Nc3ccccc3C)c3ccccc3n2)cc1. The molecule has 144 valence electrons. The van der Waals surface area contributed by atoms with Crippen molar-refractivity contribution in [3.63, 3.8) is 0 Å². The fourth-order valence-corrected chi connectivity index (χ4v) is 3.18. The van der Waals surface area contributed by atoms with E-state index in [9.17, 15) is 4.79 Å². The van der Waals surface area contributed by atoms with Crippen LogP contribution in [-0.2, 0) is 4.79 Å². The minimum absolute atomic E-state index is 0.0737. The maximum absolute atomic E-state index is 12.4. The number of nitrogens with one attached hydrogen (secondary N) is 1. The average molecular weight is 382 g/mol. The van der Waals surface area contributed by atoms with Crippen molar-refractivity contribution in [3.8, 4) is 17.0 Å². The van der Waals surface area contributed by atoms with Gasteiger partial charge in [-0.3, -0.25) is 4.79 Å². The molecule has 0 saturated heterocycles. The number of ether oxygens (including phenoxy) is 1. The first kappa shape index (κ1) is 18.7. The quantitative estimate of drug-likeness (QED) is 0.493. The van der Waals surface area contributed by atoms with Gasteiger partial charge in [-0.2, -0.15) is 0 Å². The zero-order chi connectivity index (χ0) is 20.2. The molecule has 1 amide bonds. The van der Waals surface area contributed by atoms with E-state index in [1.54, 1.807) is 0 Å². The van der Waals surface area contributed by atoms with Crippen LogP contribution >= 0.6 is 0 Å². The van der Waals surface area contributed by atoms with Crippen molar-refractivity contribution in [2.24, 2.45) is 0 Å². The molecule has 0 aliphatic heterocycles. The van der Waals surface area contributed by atoms with Crippen molar-refractivity contribution >= 4 is 22.5 Å². The molecule has 0 saturated carbocycles. The van der Waals surface area contributed by atoms with E-state index < -0.39 is 0 Å². The molecule has 1 N–H and O–H groups in total. The number of hydrogen-bond acceptors (Lipinski definition) is 3. The lowest BCUT2D eigenvalue weighted by molar-refractivity contribution is -0.118. The van der Waals surface area contributed by atoms with Gasteiger partial charge < -0.3 is 10.1 Å². The van der Waals surface area contributed by atoms with E-state index in [1.165, 1.54) is 5.56 Å². The van der Waals surface area contributed by atoms with E-state index in [-0.39, 0.29) is 12.5 Å². The van der Waals surface area contributed by atoms with Crippen molar-refractivity contribution in [3.05, 3.63) is 90.0 Å². The second-order valence-electron chi connectivity index (χ2n) is 7.04. The lowest BCUT2D eigenvalue weighted by atomic mass is 10.1. The first-order valence-electron chi connectivity index (χ1n) is 9.55.